The van der Waals surface area contributed by atoms with Crippen LogP contribution in [0.5, 0.6) is 0 Å². The molecule has 2 aromatic heterocycles. The monoisotopic (exact) mass is 415 g/mol. The van der Waals surface area contributed by atoms with Crippen LogP contribution in [-0.4, -0.2) is 16.1 Å². The zero-order valence-corrected chi connectivity index (χ0v) is 18.0. The van der Waals surface area contributed by atoms with Crippen LogP contribution >= 0.6 is 20.6 Å². The fourth-order valence-electron chi connectivity index (χ4n) is 3.99. The van der Waals surface area contributed by atoms with Crippen molar-refractivity contribution >= 4 is 53.7 Å². The Bertz CT molecular complexity index is 1320. The van der Waals surface area contributed by atoms with Crippen LogP contribution in [0.2, 0.25) is 0 Å². The highest BCUT2D eigenvalue weighted by Crippen LogP contribution is 2.36. The molecule has 1 aliphatic carbocycles. The molecule has 1 aliphatic rings. The number of aromatic nitrogens is 1. The minimum absolute atomic E-state index is 0.172. The Morgan fingerprint density at radius 1 is 0.966 bits per heavy atom. The van der Waals surface area contributed by atoms with Crippen molar-refractivity contribution in [3.63, 3.8) is 0 Å². The van der Waals surface area contributed by atoms with Crippen molar-refractivity contribution in [1.29, 1.82) is 0 Å². The number of nitrogens with zero attached hydrogens (tertiary/aromatic N) is 1. The zero-order chi connectivity index (χ0) is 20.3. The van der Waals surface area contributed by atoms with E-state index in [1.807, 2.05) is 44.3 Å². The molecule has 0 N–H and O–H groups in total. The molecule has 0 radical (unpaired) electrons. The molecule has 1 unspecified atom stereocenters. The topological polar surface area (TPSA) is 39.1 Å². The second-order valence-corrected chi connectivity index (χ2v) is 9.03. The fourth-order valence-corrected chi connectivity index (χ4v) is 5.44. The van der Waals surface area contributed by atoms with E-state index in [0.717, 1.165) is 31.7 Å². The first-order valence-corrected chi connectivity index (χ1v) is 10.7. The number of aryl methyl sites for hydroxylation is 2. The van der Waals surface area contributed by atoms with Gasteiger partial charge in [0.25, 0.3) is 0 Å². The SMILES string of the molecule is Cc1ccc(P)c2c1C(=O)/C(=C/c1cc3c(cc(-c4ccccc4)n3C)s1)C2=O. The Labute approximate surface area is 174 Å². The Balaban J connectivity index is 1.58. The molecule has 142 valence electrons. The lowest BCUT2D eigenvalue weighted by molar-refractivity contribution is 0.0991. The number of Topliss-reactive ketones (excluding diaryl/α,β-unsaturated/α-hetero) is 2. The van der Waals surface area contributed by atoms with Gasteiger partial charge in [-0.05, 0) is 41.6 Å². The predicted molar refractivity (Wildman–Crippen MR) is 123 cm³/mol. The van der Waals surface area contributed by atoms with Crippen LogP contribution in [0.15, 0.2) is 60.2 Å². The summed E-state index contributed by atoms with van der Waals surface area (Å²) in [5.74, 6) is -0.352. The maximum Gasteiger partial charge on any atom is 0.198 e. The lowest BCUT2D eigenvalue weighted by Crippen LogP contribution is -2.07. The van der Waals surface area contributed by atoms with E-state index in [1.54, 1.807) is 17.4 Å². The van der Waals surface area contributed by atoms with Crippen molar-refractivity contribution in [2.75, 3.05) is 0 Å². The third-order valence-corrected chi connectivity index (χ3v) is 6.99. The fraction of sp³-hybridized carbons (Fsp3) is 0.0833. The van der Waals surface area contributed by atoms with Crippen LogP contribution < -0.4 is 5.30 Å². The highest BCUT2D eigenvalue weighted by atomic mass is 32.1. The molecule has 5 heteroatoms. The van der Waals surface area contributed by atoms with Crippen molar-refractivity contribution in [3.8, 4) is 11.3 Å². The van der Waals surface area contributed by atoms with E-state index in [9.17, 15) is 9.59 Å². The van der Waals surface area contributed by atoms with Gasteiger partial charge in [0, 0.05) is 28.7 Å². The summed E-state index contributed by atoms with van der Waals surface area (Å²) in [6.45, 7) is 1.88. The molecule has 0 amide bonds. The van der Waals surface area contributed by atoms with Crippen molar-refractivity contribution in [1.82, 2.24) is 4.57 Å². The molecule has 0 saturated heterocycles. The molecule has 29 heavy (non-hydrogen) atoms. The summed E-state index contributed by atoms with van der Waals surface area (Å²) in [4.78, 5) is 26.8. The Morgan fingerprint density at radius 3 is 2.38 bits per heavy atom. The lowest BCUT2D eigenvalue weighted by Gasteiger charge is -2.03. The number of ketones is 2. The molecule has 2 aromatic carbocycles. The average molecular weight is 415 g/mol. The molecule has 2 heterocycles. The van der Waals surface area contributed by atoms with E-state index in [2.05, 4.69) is 38.1 Å². The van der Waals surface area contributed by atoms with Gasteiger partial charge in [0.1, 0.15) is 0 Å². The van der Waals surface area contributed by atoms with Crippen LogP contribution in [0.1, 0.15) is 31.2 Å². The van der Waals surface area contributed by atoms with Crippen LogP contribution in [-0.2, 0) is 7.05 Å². The molecule has 0 spiro atoms. The Morgan fingerprint density at radius 2 is 1.69 bits per heavy atom. The molecule has 4 aromatic rings. The number of carbonyl (C=O) groups is 2. The number of hydrogen-bond acceptors (Lipinski definition) is 3. The first kappa shape index (κ1) is 18.2. The molecule has 5 rings (SSSR count). The van der Waals surface area contributed by atoms with Gasteiger partial charge in [-0.3, -0.25) is 9.59 Å². The summed E-state index contributed by atoms with van der Waals surface area (Å²) in [6.07, 6.45) is 1.75. The van der Waals surface area contributed by atoms with Gasteiger partial charge in [0.2, 0.25) is 0 Å². The van der Waals surface area contributed by atoms with Gasteiger partial charge >= 0.3 is 0 Å². The number of thiophene rings is 1. The van der Waals surface area contributed by atoms with Crippen molar-refractivity contribution in [3.05, 3.63) is 81.7 Å². The van der Waals surface area contributed by atoms with Crippen LogP contribution in [0.4, 0.5) is 0 Å². The zero-order valence-electron chi connectivity index (χ0n) is 16.0. The van der Waals surface area contributed by atoms with Gasteiger partial charge in [-0.2, -0.15) is 0 Å². The number of hydrogen-bond donors (Lipinski definition) is 0. The van der Waals surface area contributed by atoms with Gasteiger partial charge in [0.05, 0.1) is 15.8 Å². The maximum atomic E-state index is 12.9. The number of benzene rings is 2. The molecular formula is C24H18NO2PS. The molecular weight excluding hydrogens is 397 g/mol. The average Bonchev–Trinajstić information content (AvgIpc) is 3.33. The molecule has 3 nitrogen and oxygen atoms in total. The van der Waals surface area contributed by atoms with Crippen LogP contribution in [0, 0.1) is 6.92 Å². The summed E-state index contributed by atoms with van der Waals surface area (Å²) >= 11 is 1.60. The van der Waals surface area contributed by atoms with Gasteiger partial charge in [-0.1, -0.05) is 42.5 Å². The first-order chi connectivity index (χ1) is 14.0. The van der Waals surface area contributed by atoms with Crippen LogP contribution in [0.3, 0.4) is 0 Å². The summed E-state index contributed by atoms with van der Waals surface area (Å²) < 4.78 is 3.29. The van der Waals surface area contributed by atoms with Crippen molar-refractivity contribution in [2.45, 2.75) is 6.92 Å². The number of fused-ring (bicyclic) bond motifs is 2. The summed E-state index contributed by atoms with van der Waals surface area (Å²) in [5, 5.41) is 0.774. The highest BCUT2D eigenvalue weighted by molar-refractivity contribution is 7.27. The predicted octanol–water partition coefficient (Wildman–Crippen LogP) is 5.18. The smallest absolute Gasteiger partial charge is 0.198 e. The largest absolute Gasteiger partial charge is 0.343 e. The third kappa shape index (κ3) is 2.75. The van der Waals surface area contributed by atoms with E-state index >= 15 is 0 Å². The van der Waals surface area contributed by atoms with Gasteiger partial charge in [-0.15, -0.1) is 20.6 Å². The highest BCUT2D eigenvalue weighted by Gasteiger charge is 2.35. The second kappa shape index (κ2) is 6.62. The van der Waals surface area contributed by atoms with E-state index < -0.39 is 0 Å². The van der Waals surface area contributed by atoms with Gasteiger partial charge in [0.15, 0.2) is 11.6 Å². The minimum Gasteiger partial charge on any atom is -0.343 e. The molecule has 0 saturated carbocycles. The van der Waals surface area contributed by atoms with E-state index in [0.29, 0.717) is 11.1 Å². The van der Waals surface area contributed by atoms with E-state index in [4.69, 9.17) is 0 Å². The number of carbonyl (C=O) groups excluding carboxylic acids is 2. The second-order valence-electron chi connectivity index (χ2n) is 7.29. The molecule has 0 bridgehead atoms. The van der Waals surface area contributed by atoms with Gasteiger partial charge in [-0.25, -0.2) is 0 Å². The Hall–Kier alpha value is -2.81. The summed E-state index contributed by atoms with van der Waals surface area (Å²) in [5.41, 5.74) is 5.58. The van der Waals surface area contributed by atoms with E-state index in [-0.39, 0.29) is 17.1 Å². The summed E-state index contributed by atoms with van der Waals surface area (Å²) in [7, 11) is 4.61. The number of allylic oxidation sites excluding steroid dienone is 1. The van der Waals surface area contributed by atoms with Crippen LogP contribution in [0.25, 0.3) is 27.6 Å². The summed E-state index contributed by atoms with van der Waals surface area (Å²) in [6, 6.07) is 18.2. The minimum atomic E-state index is -0.180. The molecule has 1 atom stereocenters. The first-order valence-electron chi connectivity index (χ1n) is 9.30. The quantitative estimate of drug-likeness (QED) is 0.257. The third-order valence-electron chi connectivity index (χ3n) is 5.50. The molecule has 0 fully saturated rings. The standard InChI is InChI=1S/C24H18NO2PS/c1-13-8-9-19(28)22-21(13)23(26)16(24(22)27)10-15-11-18-20(29-15)12-17(25(18)2)14-6-4-3-5-7-14/h3-12H,28H2,1-2H3/b16-10-. The normalized spacial score (nSPS) is 14.9. The van der Waals surface area contributed by atoms with Crippen molar-refractivity contribution in [2.24, 2.45) is 7.05 Å². The maximum absolute atomic E-state index is 12.9. The van der Waals surface area contributed by atoms with Gasteiger partial charge < -0.3 is 4.57 Å². The number of rotatable bonds is 2. The molecule has 0 aliphatic heterocycles. The lowest BCUT2D eigenvalue weighted by atomic mass is 10.0. The van der Waals surface area contributed by atoms with E-state index in [1.165, 1.54) is 5.56 Å². The Kier molecular flexibility index (Phi) is 4.16. The van der Waals surface area contributed by atoms with Crippen molar-refractivity contribution < 1.29 is 9.59 Å².